The first-order valence-electron chi connectivity index (χ1n) is 9.84. The smallest absolute Gasteiger partial charge is 0.0808 e. The summed E-state index contributed by atoms with van der Waals surface area (Å²) in [5.74, 6) is 0. The van der Waals surface area contributed by atoms with Crippen LogP contribution in [0.15, 0.2) is 0 Å². The van der Waals surface area contributed by atoms with Crippen molar-refractivity contribution in [2.24, 2.45) is 0 Å². The first kappa shape index (κ1) is 19.2. The molecule has 0 aromatic carbocycles. The van der Waals surface area contributed by atoms with Crippen LogP contribution in [0.25, 0.3) is 0 Å². The second-order valence-corrected chi connectivity index (χ2v) is 6.89. The molecule has 0 aromatic heterocycles. The van der Waals surface area contributed by atoms with Gasteiger partial charge in [0.15, 0.2) is 0 Å². The predicted molar refractivity (Wildman–Crippen MR) is 91.9 cm³/mol. The van der Waals surface area contributed by atoms with Gasteiger partial charge in [0.2, 0.25) is 0 Å². The normalized spacial score (nSPS) is 26.6. The lowest BCUT2D eigenvalue weighted by Gasteiger charge is -2.15. The summed E-state index contributed by atoms with van der Waals surface area (Å²) in [6.07, 6.45) is 14.0. The first-order chi connectivity index (χ1) is 11.4. The van der Waals surface area contributed by atoms with Gasteiger partial charge >= 0.3 is 0 Å². The van der Waals surface area contributed by atoms with Gasteiger partial charge in [-0.3, -0.25) is 0 Å². The lowest BCUT2D eigenvalue weighted by atomic mass is 10.1. The molecule has 136 valence electrons. The SMILES string of the molecule is C(CCOCC1CCCCCO1)CCOCC1CCCCCO1. The molecule has 0 saturated carbocycles. The summed E-state index contributed by atoms with van der Waals surface area (Å²) >= 11 is 0. The minimum atomic E-state index is 0.334. The van der Waals surface area contributed by atoms with E-state index in [9.17, 15) is 0 Å². The molecular weight excluding hydrogens is 292 g/mol. The molecule has 2 rings (SSSR count). The van der Waals surface area contributed by atoms with Crippen LogP contribution in [0, 0.1) is 0 Å². The Kier molecular flexibility index (Phi) is 11.0. The molecule has 0 radical (unpaired) electrons. The Bertz CT molecular complexity index is 230. The number of hydrogen-bond acceptors (Lipinski definition) is 4. The molecule has 23 heavy (non-hydrogen) atoms. The van der Waals surface area contributed by atoms with Crippen LogP contribution in [0.2, 0.25) is 0 Å². The van der Waals surface area contributed by atoms with Crippen molar-refractivity contribution in [3.05, 3.63) is 0 Å². The Morgan fingerprint density at radius 3 is 1.65 bits per heavy atom. The van der Waals surface area contributed by atoms with E-state index >= 15 is 0 Å². The summed E-state index contributed by atoms with van der Waals surface area (Å²) in [6, 6.07) is 0. The van der Waals surface area contributed by atoms with Gasteiger partial charge < -0.3 is 18.9 Å². The fraction of sp³-hybridized carbons (Fsp3) is 1.00. The Morgan fingerprint density at radius 2 is 1.13 bits per heavy atom. The molecule has 0 aromatic rings. The number of rotatable bonds is 10. The van der Waals surface area contributed by atoms with Gasteiger partial charge in [-0.05, 0) is 44.9 Å². The van der Waals surface area contributed by atoms with Crippen molar-refractivity contribution in [1.29, 1.82) is 0 Å². The highest BCUT2D eigenvalue weighted by molar-refractivity contribution is 4.62. The topological polar surface area (TPSA) is 36.9 Å². The third kappa shape index (κ3) is 9.65. The lowest BCUT2D eigenvalue weighted by Crippen LogP contribution is -2.19. The molecule has 2 aliphatic heterocycles. The Labute approximate surface area is 142 Å². The van der Waals surface area contributed by atoms with Crippen molar-refractivity contribution >= 4 is 0 Å². The van der Waals surface area contributed by atoms with Crippen molar-refractivity contribution in [2.45, 2.75) is 82.8 Å². The van der Waals surface area contributed by atoms with E-state index in [0.29, 0.717) is 12.2 Å². The van der Waals surface area contributed by atoms with Crippen molar-refractivity contribution in [3.8, 4) is 0 Å². The molecule has 2 aliphatic rings. The molecule has 0 aliphatic carbocycles. The highest BCUT2D eigenvalue weighted by Crippen LogP contribution is 2.14. The number of unbranched alkanes of at least 4 members (excludes halogenated alkanes) is 2. The molecule has 0 amide bonds. The van der Waals surface area contributed by atoms with E-state index in [0.717, 1.165) is 65.3 Å². The van der Waals surface area contributed by atoms with E-state index in [4.69, 9.17) is 18.9 Å². The molecule has 4 nitrogen and oxygen atoms in total. The van der Waals surface area contributed by atoms with Crippen LogP contribution < -0.4 is 0 Å². The van der Waals surface area contributed by atoms with Gasteiger partial charge in [0.05, 0.1) is 25.4 Å². The predicted octanol–water partition coefficient (Wildman–Crippen LogP) is 4.11. The summed E-state index contributed by atoms with van der Waals surface area (Å²) in [6.45, 7) is 5.08. The summed E-state index contributed by atoms with van der Waals surface area (Å²) in [7, 11) is 0. The molecule has 2 atom stereocenters. The van der Waals surface area contributed by atoms with Crippen molar-refractivity contribution in [2.75, 3.05) is 39.6 Å². The van der Waals surface area contributed by atoms with Gasteiger partial charge in [0.1, 0.15) is 0 Å². The van der Waals surface area contributed by atoms with Crippen LogP contribution in [0.5, 0.6) is 0 Å². The van der Waals surface area contributed by atoms with Crippen LogP contribution in [0.4, 0.5) is 0 Å². The minimum Gasteiger partial charge on any atom is -0.379 e. The van der Waals surface area contributed by atoms with Crippen LogP contribution >= 0.6 is 0 Å². The summed E-state index contributed by atoms with van der Waals surface area (Å²) < 4.78 is 23.1. The number of hydrogen-bond donors (Lipinski definition) is 0. The van der Waals surface area contributed by atoms with Crippen molar-refractivity contribution < 1.29 is 18.9 Å². The summed E-state index contributed by atoms with van der Waals surface area (Å²) in [4.78, 5) is 0. The van der Waals surface area contributed by atoms with Gasteiger partial charge in [0, 0.05) is 26.4 Å². The quantitative estimate of drug-likeness (QED) is 0.566. The second-order valence-electron chi connectivity index (χ2n) is 6.89. The maximum atomic E-state index is 5.77. The van der Waals surface area contributed by atoms with E-state index in [-0.39, 0.29) is 0 Å². The van der Waals surface area contributed by atoms with E-state index in [1.54, 1.807) is 0 Å². The standard InChI is InChI=1S/C19H36O4/c1-4-10-18(22-14-8-1)16-20-12-6-3-7-13-21-17-19-11-5-2-9-15-23-19/h18-19H,1-17H2. The molecule has 0 bridgehead atoms. The minimum absolute atomic E-state index is 0.334. The zero-order valence-electron chi connectivity index (χ0n) is 14.8. The fourth-order valence-corrected chi connectivity index (χ4v) is 3.25. The molecule has 2 unspecified atom stereocenters. The first-order valence-corrected chi connectivity index (χ1v) is 9.84. The second kappa shape index (κ2) is 13.2. The molecule has 2 fully saturated rings. The average molecular weight is 328 g/mol. The van der Waals surface area contributed by atoms with Crippen molar-refractivity contribution in [3.63, 3.8) is 0 Å². The van der Waals surface area contributed by atoms with E-state index < -0.39 is 0 Å². The zero-order chi connectivity index (χ0) is 16.0. The summed E-state index contributed by atoms with van der Waals surface area (Å²) in [5, 5.41) is 0. The number of ether oxygens (including phenoxy) is 4. The largest absolute Gasteiger partial charge is 0.379 e. The van der Waals surface area contributed by atoms with E-state index in [1.807, 2.05) is 0 Å². The molecule has 0 N–H and O–H groups in total. The van der Waals surface area contributed by atoms with Gasteiger partial charge in [-0.15, -0.1) is 0 Å². The molecule has 2 saturated heterocycles. The molecular formula is C19H36O4. The van der Waals surface area contributed by atoms with Crippen LogP contribution in [-0.4, -0.2) is 51.8 Å². The fourth-order valence-electron chi connectivity index (χ4n) is 3.25. The highest BCUT2D eigenvalue weighted by atomic mass is 16.5. The van der Waals surface area contributed by atoms with Crippen LogP contribution in [0.1, 0.15) is 70.6 Å². The lowest BCUT2D eigenvalue weighted by molar-refractivity contribution is -0.0182. The average Bonchev–Trinajstić information content (AvgIpc) is 2.98. The Balaban J connectivity index is 1.33. The van der Waals surface area contributed by atoms with Gasteiger partial charge in [-0.1, -0.05) is 25.7 Å². The van der Waals surface area contributed by atoms with Crippen LogP contribution in [0.3, 0.4) is 0 Å². The van der Waals surface area contributed by atoms with E-state index in [2.05, 4.69) is 0 Å². The van der Waals surface area contributed by atoms with Crippen molar-refractivity contribution in [1.82, 2.24) is 0 Å². The third-order valence-electron chi connectivity index (χ3n) is 4.73. The Hall–Kier alpha value is -0.160. The maximum Gasteiger partial charge on any atom is 0.0808 e. The monoisotopic (exact) mass is 328 g/mol. The molecule has 0 spiro atoms. The van der Waals surface area contributed by atoms with Gasteiger partial charge in [0.25, 0.3) is 0 Å². The third-order valence-corrected chi connectivity index (χ3v) is 4.73. The van der Waals surface area contributed by atoms with Gasteiger partial charge in [-0.2, -0.15) is 0 Å². The highest BCUT2D eigenvalue weighted by Gasteiger charge is 2.13. The molecule has 4 heteroatoms. The van der Waals surface area contributed by atoms with Gasteiger partial charge in [-0.25, -0.2) is 0 Å². The molecule has 2 heterocycles. The Morgan fingerprint density at radius 1 is 0.609 bits per heavy atom. The van der Waals surface area contributed by atoms with Crippen LogP contribution in [-0.2, 0) is 18.9 Å². The van der Waals surface area contributed by atoms with E-state index in [1.165, 1.54) is 44.9 Å². The zero-order valence-corrected chi connectivity index (χ0v) is 14.8. The maximum absolute atomic E-state index is 5.77. The summed E-state index contributed by atoms with van der Waals surface area (Å²) in [5.41, 5.74) is 0.